The third kappa shape index (κ3) is 2.88. The Bertz CT molecular complexity index is 507. The van der Waals surface area contributed by atoms with Crippen LogP contribution in [0.15, 0.2) is 12.1 Å². The van der Waals surface area contributed by atoms with Crippen molar-refractivity contribution < 1.29 is 4.79 Å². The second-order valence-electron chi connectivity index (χ2n) is 6.69. The predicted molar refractivity (Wildman–Crippen MR) is 87.3 cm³/mol. The average molecular weight is 306 g/mol. The van der Waals surface area contributed by atoms with E-state index < -0.39 is 0 Å². The molecule has 2 unspecified atom stereocenters. The molecule has 0 bridgehead atoms. The van der Waals surface area contributed by atoms with E-state index in [1.807, 2.05) is 11.3 Å². The molecular weight excluding hydrogens is 280 g/mol. The minimum Gasteiger partial charge on any atom is -0.318 e. The van der Waals surface area contributed by atoms with Gasteiger partial charge in [-0.1, -0.05) is 26.7 Å². The summed E-state index contributed by atoms with van der Waals surface area (Å²) in [4.78, 5) is 17.6. The van der Waals surface area contributed by atoms with E-state index in [9.17, 15) is 4.79 Å². The molecule has 0 aromatic carbocycles. The van der Waals surface area contributed by atoms with Crippen LogP contribution in [0, 0.1) is 12.8 Å². The molecule has 0 spiro atoms. The molecule has 1 saturated carbocycles. The Morgan fingerprint density at radius 1 is 1.38 bits per heavy atom. The van der Waals surface area contributed by atoms with Gasteiger partial charge in [0.1, 0.15) is 6.17 Å². The van der Waals surface area contributed by atoms with Gasteiger partial charge in [0.25, 0.3) is 0 Å². The Hall–Kier alpha value is -0.870. The maximum atomic E-state index is 12.8. The van der Waals surface area contributed by atoms with E-state index in [0.717, 1.165) is 38.0 Å². The third-order valence-corrected chi connectivity index (χ3v) is 5.86. The summed E-state index contributed by atoms with van der Waals surface area (Å²) in [5.41, 5.74) is 0. The third-order valence-electron chi connectivity index (χ3n) is 4.81. The fraction of sp³-hybridized carbons (Fsp3) is 0.706. The molecule has 1 N–H and O–H groups in total. The lowest BCUT2D eigenvalue weighted by Crippen LogP contribution is -2.46. The van der Waals surface area contributed by atoms with Crippen molar-refractivity contribution in [3.63, 3.8) is 0 Å². The number of nitrogens with zero attached hydrogens (tertiary/aromatic N) is 1. The molecule has 1 aromatic heterocycles. The Morgan fingerprint density at radius 3 is 2.71 bits per heavy atom. The molecule has 0 radical (unpaired) electrons. The number of hydrogen-bond acceptors (Lipinski definition) is 3. The van der Waals surface area contributed by atoms with Gasteiger partial charge in [-0.3, -0.25) is 10.1 Å². The second-order valence-corrected chi connectivity index (χ2v) is 8.01. The molecule has 2 atom stereocenters. The van der Waals surface area contributed by atoms with Crippen LogP contribution >= 0.6 is 11.3 Å². The fourth-order valence-electron chi connectivity index (χ4n) is 3.56. The zero-order valence-electron chi connectivity index (χ0n) is 13.3. The van der Waals surface area contributed by atoms with Crippen molar-refractivity contribution >= 4 is 17.2 Å². The van der Waals surface area contributed by atoms with Crippen LogP contribution in [-0.4, -0.2) is 22.9 Å². The van der Waals surface area contributed by atoms with E-state index in [2.05, 4.69) is 43.1 Å². The summed E-state index contributed by atoms with van der Waals surface area (Å²) in [6.07, 6.45) is 5.66. The van der Waals surface area contributed by atoms with Crippen molar-refractivity contribution in [1.29, 1.82) is 0 Å². The number of carbonyl (C=O) groups is 1. The number of amides is 1. The highest BCUT2D eigenvalue weighted by Crippen LogP contribution is 2.40. The van der Waals surface area contributed by atoms with Gasteiger partial charge < -0.3 is 4.90 Å². The molecule has 116 valence electrons. The topological polar surface area (TPSA) is 32.3 Å². The molecular formula is C17H26N2OS. The number of aryl methyl sites for hydroxylation is 1. The zero-order chi connectivity index (χ0) is 15.0. The van der Waals surface area contributed by atoms with Crippen molar-refractivity contribution in [2.75, 3.05) is 0 Å². The van der Waals surface area contributed by atoms with Gasteiger partial charge in [-0.25, -0.2) is 0 Å². The zero-order valence-corrected chi connectivity index (χ0v) is 14.1. The molecule has 1 aliphatic heterocycles. The lowest BCUT2D eigenvalue weighted by atomic mass is 9.80. The van der Waals surface area contributed by atoms with Crippen LogP contribution in [0.2, 0.25) is 0 Å². The van der Waals surface area contributed by atoms with Crippen LogP contribution < -0.4 is 5.32 Å². The largest absolute Gasteiger partial charge is 0.318 e. The Balaban J connectivity index is 1.79. The van der Waals surface area contributed by atoms with Gasteiger partial charge in [-0.05, 0) is 44.2 Å². The number of carbonyl (C=O) groups excluding carboxylic acids is 1. The number of thiophene rings is 1. The monoisotopic (exact) mass is 306 g/mol. The summed E-state index contributed by atoms with van der Waals surface area (Å²) in [7, 11) is 0. The highest BCUT2D eigenvalue weighted by Gasteiger charge is 2.46. The minimum atomic E-state index is 0.0215. The summed E-state index contributed by atoms with van der Waals surface area (Å²) in [6, 6.07) is 4.81. The molecule has 3 rings (SSSR count). The van der Waals surface area contributed by atoms with E-state index >= 15 is 0 Å². The molecule has 4 heteroatoms. The summed E-state index contributed by atoms with van der Waals surface area (Å²) in [6.45, 7) is 6.60. The van der Waals surface area contributed by atoms with Crippen LogP contribution in [0.1, 0.15) is 61.9 Å². The van der Waals surface area contributed by atoms with Crippen molar-refractivity contribution in [2.24, 2.45) is 5.92 Å². The van der Waals surface area contributed by atoms with Gasteiger partial charge in [0.2, 0.25) is 5.91 Å². The average Bonchev–Trinajstić information content (AvgIpc) is 2.97. The minimum absolute atomic E-state index is 0.0215. The highest BCUT2D eigenvalue weighted by molar-refractivity contribution is 7.12. The van der Waals surface area contributed by atoms with Crippen LogP contribution in [0.3, 0.4) is 0 Å². The predicted octanol–water partition coefficient (Wildman–Crippen LogP) is 3.84. The number of unbranched alkanes of at least 4 members (excludes halogenated alkanes) is 1. The van der Waals surface area contributed by atoms with Gasteiger partial charge in [0, 0.05) is 15.8 Å². The van der Waals surface area contributed by atoms with Crippen molar-refractivity contribution in [1.82, 2.24) is 10.2 Å². The Labute approximate surface area is 131 Å². The molecule has 3 nitrogen and oxygen atoms in total. The van der Waals surface area contributed by atoms with Gasteiger partial charge in [-0.2, -0.15) is 0 Å². The lowest BCUT2D eigenvalue weighted by Gasteiger charge is -2.42. The van der Waals surface area contributed by atoms with Crippen molar-refractivity contribution in [3.8, 4) is 0 Å². The summed E-state index contributed by atoms with van der Waals surface area (Å²) < 4.78 is 0. The van der Waals surface area contributed by atoms with E-state index in [4.69, 9.17) is 0 Å². The quantitative estimate of drug-likeness (QED) is 0.896. The van der Waals surface area contributed by atoms with Crippen molar-refractivity contribution in [3.05, 3.63) is 21.9 Å². The smallest absolute Gasteiger partial charge is 0.241 e. The van der Waals surface area contributed by atoms with E-state index in [-0.39, 0.29) is 12.2 Å². The van der Waals surface area contributed by atoms with E-state index in [1.165, 1.54) is 9.75 Å². The first-order valence-electron chi connectivity index (χ1n) is 8.24. The lowest BCUT2D eigenvalue weighted by molar-refractivity contribution is -0.135. The van der Waals surface area contributed by atoms with Crippen molar-refractivity contribution in [2.45, 2.75) is 71.1 Å². The molecule has 1 aromatic rings. The van der Waals surface area contributed by atoms with E-state index in [0.29, 0.717) is 11.9 Å². The standard InChI is InChI=1S/C17H26N2OS/c1-4-5-6-14-17(20)19(13-9-11(2)10-13)16(18-14)15-8-7-12(3)21-15/h7-8,11,13-14,16,18H,4-6,9-10H2,1-3H3. The molecule has 21 heavy (non-hydrogen) atoms. The Morgan fingerprint density at radius 2 is 2.14 bits per heavy atom. The first kappa shape index (κ1) is 15.0. The maximum absolute atomic E-state index is 12.8. The fourth-order valence-corrected chi connectivity index (χ4v) is 4.50. The maximum Gasteiger partial charge on any atom is 0.241 e. The SMILES string of the molecule is CCCCC1NC(c2ccc(C)s2)N(C2CC(C)C2)C1=O. The Kier molecular flexibility index (Phi) is 4.36. The summed E-state index contributed by atoms with van der Waals surface area (Å²) in [5.74, 6) is 1.10. The first-order chi connectivity index (χ1) is 10.1. The number of hydrogen-bond donors (Lipinski definition) is 1. The van der Waals surface area contributed by atoms with Crippen LogP contribution in [-0.2, 0) is 4.79 Å². The van der Waals surface area contributed by atoms with Gasteiger partial charge in [0.15, 0.2) is 0 Å². The molecule has 2 fully saturated rings. The molecule has 1 aliphatic carbocycles. The molecule has 2 aliphatic rings. The van der Waals surface area contributed by atoms with E-state index in [1.54, 1.807) is 0 Å². The van der Waals surface area contributed by atoms with Crippen LogP contribution in [0.5, 0.6) is 0 Å². The first-order valence-corrected chi connectivity index (χ1v) is 9.06. The van der Waals surface area contributed by atoms with Gasteiger partial charge in [0.05, 0.1) is 6.04 Å². The van der Waals surface area contributed by atoms with Gasteiger partial charge in [-0.15, -0.1) is 11.3 Å². The van der Waals surface area contributed by atoms with Crippen LogP contribution in [0.25, 0.3) is 0 Å². The number of nitrogens with one attached hydrogen (secondary N) is 1. The normalized spacial score (nSPS) is 32.5. The van der Waals surface area contributed by atoms with Crippen LogP contribution in [0.4, 0.5) is 0 Å². The highest BCUT2D eigenvalue weighted by atomic mass is 32.1. The second kappa shape index (κ2) is 6.09. The van der Waals surface area contributed by atoms with Gasteiger partial charge >= 0.3 is 0 Å². The molecule has 1 saturated heterocycles. The number of rotatable bonds is 5. The molecule has 2 heterocycles. The summed E-state index contributed by atoms with van der Waals surface area (Å²) >= 11 is 1.81. The molecule has 1 amide bonds. The summed E-state index contributed by atoms with van der Waals surface area (Å²) in [5, 5.41) is 3.61.